The maximum absolute atomic E-state index is 11.6. The molecule has 1 aromatic carbocycles. The molecule has 0 fully saturated rings. The van der Waals surface area contributed by atoms with Crippen molar-refractivity contribution < 1.29 is 4.79 Å². The molecule has 0 heterocycles. The molecule has 0 aromatic heterocycles. The van der Waals surface area contributed by atoms with Crippen LogP contribution in [0, 0.1) is 0 Å². The van der Waals surface area contributed by atoms with Crippen LogP contribution in [0.4, 0.5) is 0 Å². The molecule has 0 spiro atoms. The van der Waals surface area contributed by atoms with Crippen LogP contribution in [0.1, 0.15) is 25.8 Å². The summed E-state index contributed by atoms with van der Waals surface area (Å²) in [4.78, 5) is 17.5. The second kappa shape index (κ2) is 9.82. The summed E-state index contributed by atoms with van der Waals surface area (Å²) in [5.74, 6) is 0.687. The number of amides is 1. The Labute approximate surface area is 133 Å². The monoisotopic (exact) mass is 304 g/mol. The van der Waals surface area contributed by atoms with Gasteiger partial charge in [0.1, 0.15) is 6.54 Å². The lowest BCUT2D eigenvalue weighted by molar-refractivity contribution is -0.127. The molecule has 0 saturated carbocycles. The van der Waals surface area contributed by atoms with Gasteiger partial charge in [-0.1, -0.05) is 30.3 Å². The van der Waals surface area contributed by atoms with Crippen LogP contribution in [0.15, 0.2) is 35.3 Å². The quantitative estimate of drug-likeness (QED) is 0.595. The van der Waals surface area contributed by atoms with Crippen LogP contribution in [-0.2, 0) is 11.2 Å². The first-order valence-electron chi connectivity index (χ1n) is 7.81. The Morgan fingerprint density at radius 1 is 1.27 bits per heavy atom. The van der Waals surface area contributed by atoms with Gasteiger partial charge in [0.25, 0.3) is 0 Å². The highest BCUT2D eigenvalue weighted by atomic mass is 16.2. The van der Waals surface area contributed by atoms with E-state index in [2.05, 4.69) is 46.8 Å². The number of nitrogens with one attached hydrogen (secondary N) is 2. The number of hydrogen-bond donors (Lipinski definition) is 2. The predicted molar refractivity (Wildman–Crippen MR) is 92.0 cm³/mol. The third-order valence-electron chi connectivity index (χ3n) is 3.31. The molecule has 1 unspecified atom stereocenters. The van der Waals surface area contributed by atoms with Crippen molar-refractivity contribution in [2.24, 2.45) is 4.99 Å². The Balaban J connectivity index is 2.47. The van der Waals surface area contributed by atoms with Crippen LogP contribution in [0.2, 0.25) is 0 Å². The highest BCUT2D eigenvalue weighted by Crippen LogP contribution is 2.04. The van der Waals surface area contributed by atoms with Gasteiger partial charge in [-0.05, 0) is 32.3 Å². The number of carbonyl (C=O) groups excluding carboxylic acids is 1. The third kappa shape index (κ3) is 7.11. The molecule has 0 radical (unpaired) electrons. The first kappa shape index (κ1) is 18.0. The van der Waals surface area contributed by atoms with Crippen molar-refractivity contribution in [1.29, 1.82) is 0 Å². The van der Waals surface area contributed by atoms with Crippen LogP contribution >= 0.6 is 0 Å². The van der Waals surface area contributed by atoms with E-state index in [0.29, 0.717) is 5.96 Å². The molecule has 22 heavy (non-hydrogen) atoms. The Morgan fingerprint density at radius 3 is 2.55 bits per heavy atom. The molecule has 0 bridgehead atoms. The van der Waals surface area contributed by atoms with E-state index >= 15 is 0 Å². The SMILES string of the molecule is CCNC(=NCC(=O)N(C)C)NC(C)CCc1ccccc1. The first-order valence-corrected chi connectivity index (χ1v) is 7.81. The Hall–Kier alpha value is -2.04. The number of benzene rings is 1. The van der Waals surface area contributed by atoms with Gasteiger partial charge in [-0.2, -0.15) is 0 Å². The molecule has 122 valence electrons. The summed E-state index contributed by atoms with van der Waals surface area (Å²) in [7, 11) is 3.47. The van der Waals surface area contributed by atoms with Crippen LogP contribution in [0.5, 0.6) is 0 Å². The average molecular weight is 304 g/mol. The van der Waals surface area contributed by atoms with Crippen molar-refractivity contribution in [2.45, 2.75) is 32.7 Å². The fourth-order valence-corrected chi connectivity index (χ4v) is 1.94. The molecule has 5 heteroatoms. The van der Waals surface area contributed by atoms with Crippen molar-refractivity contribution in [3.8, 4) is 0 Å². The first-order chi connectivity index (χ1) is 10.5. The van der Waals surface area contributed by atoms with Crippen molar-refractivity contribution in [3.05, 3.63) is 35.9 Å². The summed E-state index contributed by atoms with van der Waals surface area (Å²) in [6.45, 7) is 5.07. The lowest BCUT2D eigenvalue weighted by atomic mass is 10.1. The second-order valence-corrected chi connectivity index (χ2v) is 5.55. The molecule has 1 rings (SSSR count). The van der Waals surface area contributed by atoms with Crippen molar-refractivity contribution in [2.75, 3.05) is 27.2 Å². The molecular weight excluding hydrogens is 276 g/mol. The summed E-state index contributed by atoms with van der Waals surface area (Å²) >= 11 is 0. The van der Waals surface area contributed by atoms with Gasteiger partial charge in [0.15, 0.2) is 5.96 Å². The molecule has 0 aliphatic carbocycles. The maximum atomic E-state index is 11.6. The summed E-state index contributed by atoms with van der Waals surface area (Å²) in [6, 6.07) is 10.7. The smallest absolute Gasteiger partial charge is 0.243 e. The highest BCUT2D eigenvalue weighted by molar-refractivity contribution is 5.84. The van der Waals surface area contributed by atoms with E-state index in [0.717, 1.165) is 19.4 Å². The van der Waals surface area contributed by atoms with Crippen molar-refractivity contribution >= 4 is 11.9 Å². The van der Waals surface area contributed by atoms with Gasteiger partial charge in [0.2, 0.25) is 5.91 Å². The van der Waals surface area contributed by atoms with E-state index in [1.807, 2.05) is 13.0 Å². The topological polar surface area (TPSA) is 56.7 Å². The fraction of sp³-hybridized carbons (Fsp3) is 0.529. The van der Waals surface area contributed by atoms with Gasteiger partial charge < -0.3 is 15.5 Å². The van der Waals surface area contributed by atoms with Crippen LogP contribution in [0.3, 0.4) is 0 Å². The number of aryl methyl sites for hydroxylation is 1. The van der Waals surface area contributed by atoms with Gasteiger partial charge in [-0.25, -0.2) is 4.99 Å². The minimum atomic E-state index is -0.00542. The molecule has 0 aliphatic rings. The number of aliphatic imine (C=N–C) groups is 1. The number of guanidine groups is 1. The van der Waals surface area contributed by atoms with E-state index < -0.39 is 0 Å². The lowest BCUT2D eigenvalue weighted by Gasteiger charge is -2.18. The van der Waals surface area contributed by atoms with E-state index in [1.54, 1.807) is 19.0 Å². The molecule has 1 aromatic rings. The summed E-state index contributed by atoms with van der Waals surface area (Å²) < 4.78 is 0. The largest absolute Gasteiger partial charge is 0.357 e. The highest BCUT2D eigenvalue weighted by Gasteiger charge is 2.07. The molecule has 5 nitrogen and oxygen atoms in total. The van der Waals surface area contributed by atoms with Crippen LogP contribution in [0.25, 0.3) is 0 Å². The number of likely N-dealkylation sites (N-methyl/N-ethyl adjacent to an activating group) is 1. The van der Waals surface area contributed by atoms with Crippen LogP contribution < -0.4 is 10.6 Å². The molecular formula is C17H28N4O. The molecule has 1 atom stereocenters. The molecule has 0 aliphatic heterocycles. The third-order valence-corrected chi connectivity index (χ3v) is 3.31. The van der Waals surface area contributed by atoms with Gasteiger partial charge >= 0.3 is 0 Å². The van der Waals surface area contributed by atoms with Gasteiger partial charge in [-0.15, -0.1) is 0 Å². The molecule has 1 amide bonds. The lowest BCUT2D eigenvalue weighted by Crippen LogP contribution is -2.43. The van der Waals surface area contributed by atoms with E-state index in [-0.39, 0.29) is 18.5 Å². The normalized spacial score (nSPS) is 12.6. The minimum Gasteiger partial charge on any atom is -0.357 e. The maximum Gasteiger partial charge on any atom is 0.243 e. The number of nitrogens with zero attached hydrogens (tertiary/aromatic N) is 2. The predicted octanol–water partition coefficient (Wildman–Crippen LogP) is 1.65. The number of rotatable bonds is 7. The number of carbonyl (C=O) groups is 1. The summed E-state index contributed by atoms with van der Waals surface area (Å²) in [6.07, 6.45) is 2.03. The van der Waals surface area contributed by atoms with E-state index in [4.69, 9.17) is 0 Å². The van der Waals surface area contributed by atoms with Gasteiger partial charge in [0, 0.05) is 26.7 Å². The second-order valence-electron chi connectivity index (χ2n) is 5.55. The molecule has 0 saturated heterocycles. The van der Waals surface area contributed by atoms with E-state index in [9.17, 15) is 4.79 Å². The number of hydrogen-bond acceptors (Lipinski definition) is 2. The Bertz CT molecular complexity index is 471. The standard InChI is InChI=1S/C17H28N4O/c1-5-18-17(19-13-16(22)21(3)4)20-14(2)11-12-15-9-7-6-8-10-15/h6-10,14H,5,11-13H2,1-4H3,(H2,18,19,20). The van der Waals surface area contributed by atoms with E-state index in [1.165, 1.54) is 5.56 Å². The van der Waals surface area contributed by atoms with Gasteiger partial charge in [-0.3, -0.25) is 4.79 Å². The van der Waals surface area contributed by atoms with Crippen molar-refractivity contribution in [3.63, 3.8) is 0 Å². The summed E-state index contributed by atoms with van der Waals surface area (Å²) in [5, 5.41) is 6.52. The minimum absolute atomic E-state index is 0.00542. The zero-order valence-corrected chi connectivity index (χ0v) is 14.1. The van der Waals surface area contributed by atoms with Crippen molar-refractivity contribution in [1.82, 2.24) is 15.5 Å². The Morgan fingerprint density at radius 2 is 1.95 bits per heavy atom. The van der Waals surface area contributed by atoms with Crippen LogP contribution in [-0.4, -0.2) is 50.0 Å². The average Bonchev–Trinajstić information content (AvgIpc) is 2.51. The zero-order valence-electron chi connectivity index (χ0n) is 14.1. The van der Waals surface area contributed by atoms with Gasteiger partial charge in [0.05, 0.1) is 0 Å². The fourth-order valence-electron chi connectivity index (χ4n) is 1.94. The Kier molecular flexibility index (Phi) is 8.04. The summed E-state index contributed by atoms with van der Waals surface area (Å²) in [5.41, 5.74) is 1.33. The zero-order chi connectivity index (χ0) is 16.4. The molecule has 2 N–H and O–H groups in total.